The van der Waals surface area contributed by atoms with E-state index in [0.717, 1.165) is 25.7 Å². The Labute approximate surface area is 111 Å². The molecule has 1 aromatic heterocycles. The first-order valence-electron chi connectivity index (χ1n) is 6.23. The second-order valence-electron chi connectivity index (χ2n) is 4.76. The van der Waals surface area contributed by atoms with E-state index in [2.05, 4.69) is 10.3 Å². The molecule has 1 aromatic rings. The maximum Gasteiger partial charge on any atom is 0.269 e. The van der Waals surface area contributed by atoms with Crippen LogP contribution in [0.2, 0.25) is 5.02 Å². The molecule has 0 aliphatic heterocycles. The number of rotatable bonds is 3. The van der Waals surface area contributed by atoms with Crippen LogP contribution < -0.4 is 5.32 Å². The molecule has 5 heteroatoms. The van der Waals surface area contributed by atoms with Gasteiger partial charge in [0.1, 0.15) is 5.69 Å². The Hall–Kier alpha value is -1.13. The van der Waals surface area contributed by atoms with Crippen LogP contribution in [-0.2, 0) is 0 Å². The van der Waals surface area contributed by atoms with Gasteiger partial charge in [0.2, 0.25) is 0 Å². The van der Waals surface area contributed by atoms with Crippen LogP contribution in [-0.4, -0.2) is 28.6 Å². The van der Waals surface area contributed by atoms with Crippen LogP contribution in [0.5, 0.6) is 0 Å². The Morgan fingerprint density at radius 1 is 1.50 bits per heavy atom. The zero-order chi connectivity index (χ0) is 13.0. The summed E-state index contributed by atoms with van der Waals surface area (Å²) in [5, 5.41) is 12.9. The average molecular weight is 269 g/mol. The minimum Gasteiger partial charge on any atom is -0.393 e. The van der Waals surface area contributed by atoms with E-state index in [0.29, 0.717) is 23.2 Å². The van der Waals surface area contributed by atoms with E-state index in [1.807, 2.05) is 0 Å². The number of aliphatic hydroxyl groups is 1. The fourth-order valence-corrected chi connectivity index (χ4v) is 2.40. The third kappa shape index (κ3) is 3.68. The Kier molecular flexibility index (Phi) is 4.55. The average Bonchev–Trinajstić information content (AvgIpc) is 2.37. The molecular weight excluding hydrogens is 252 g/mol. The van der Waals surface area contributed by atoms with Crippen molar-refractivity contribution in [1.29, 1.82) is 0 Å². The summed E-state index contributed by atoms with van der Waals surface area (Å²) in [5.41, 5.74) is 0.371. The lowest BCUT2D eigenvalue weighted by Crippen LogP contribution is -2.33. The maximum atomic E-state index is 11.8. The molecule has 1 heterocycles. The van der Waals surface area contributed by atoms with E-state index in [1.54, 1.807) is 12.1 Å². The van der Waals surface area contributed by atoms with E-state index < -0.39 is 0 Å². The van der Waals surface area contributed by atoms with Crippen LogP contribution >= 0.6 is 11.6 Å². The highest BCUT2D eigenvalue weighted by atomic mass is 35.5. The number of hydrogen-bond donors (Lipinski definition) is 2. The van der Waals surface area contributed by atoms with Gasteiger partial charge in [-0.05, 0) is 37.3 Å². The summed E-state index contributed by atoms with van der Waals surface area (Å²) in [4.78, 5) is 15.8. The predicted octanol–water partition coefficient (Wildman–Crippen LogP) is 2.02. The second kappa shape index (κ2) is 6.16. The molecule has 1 amide bonds. The molecule has 1 aliphatic rings. The highest BCUT2D eigenvalue weighted by Gasteiger charge is 2.20. The van der Waals surface area contributed by atoms with E-state index in [4.69, 9.17) is 11.6 Å². The number of aliphatic hydroxyl groups excluding tert-OH is 1. The number of nitrogens with zero attached hydrogens (tertiary/aromatic N) is 1. The van der Waals surface area contributed by atoms with Crippen LogP contribution in [0.25, 0.3) is 0 Å². The number of halogens is 1. The zero-order valence-electron chi connectivity index (χ0n) is 10.1. The molecule has 0 spiro atoms. The molecular formula is C13H17ClN2O2. The molecule has 2 rings (SSSR count). The highest BCUT2D eigenvalue weighted by Crippen LogP contribution is 2.23. The highest BCUT2D eigenvalue weighted by molar-refractivity contribution is 6.30. The quantitative estimate of drug-likeness (QED) is 0.882. The molecule has 0 aromatic carbocycles. The molecule has 1 fully saturated rings. The first-order chi connectivity index (χ1) is 8.65. The van der Waals surface area contributed by atoms with Gasteiger partial charge < -0.3 is 10.4 Å². The number of pyridine rings is 1. The Morgan fingerprint density at radius 3 is 3.00 bits per heavy atom. The lowest BCUT2D eigenvalue weighted by atomic mass is 9.87. The second-order valence-corrected chi connectivity index (χ2v) is 5.19. The number of amides is 1. The lowest BCUT2D eigenvalue weighted by Gasteiger charge is -2.25. The minimum absolute atomic E-state index is 0.188. The van der Waals surface area contributed by atoms with Gasteiger partial charge in [0.15, 0.2) is 0 Å². The smallest absolute Gasteiger partial charge is 0.269 e. The van der Waals surface area contributed by atoms with E-state index >= 15 is 0 Å². The summed E-state index contributed by atoms with van der Waals surface area (Å²) < 4.78 is 0. The monoisotopic (exact) mass is 268 g/mol. The van der Waals surface area contributed by atoms with Gasteiger partial charge in [-0.1, -0.05) is 18.0 Å². The van der Waals surface area contributed by atoms with Crippen LogP contribution in [0, 0.1) is 5.92 Å². The van der Waals surface area contributed by atoms with E-state index in [9.17, 15) is 9.90 Å². The molecule has 0 saturated heterocycles. The van der Waals surface area contributed by atoms with Gasteiger partial charge in [-0.25, -0.2) is 4.98 Å². The van der Waals surface area contributed by atoms with Crippen molar-refractivity contribution in [2.75, 3.05) is 6.54 Å². The third-order valence-electron chi connectivity index (χ3n) is 3.27. The fraction of sp³-hybridized carbons (Fsp3) is 0.538. The maximum absolute atomic E-state index is 11.8. The topological polar surface area (TPSA) is 62.2 Å². The molecule has 0 bridgehead atoms. The SMILES string of the molecule is O=C(NCC1CCCC(O)C1)c1ccc(Cl)cn1. The number of aromatic nitrogens is 1. The third-order valence-corrected chi connectivity index (χ3v) is 3.49. The summed E-state index contributed by atoms with van der Waals surface area (Å²) in [6.45, 7) is 0.597. The van der Waals surface area contributed by atoms with Crippen molar-refractivity contribution in [2.24, 2.45) is 5.92 Å². The van der Waals surface area contributed by atoms with Crippen molar-refractivity contribution >= 4 is 17.5 Å². The molecule has 2 atom stereocenters. The number of hydrogen-bond acceptors (Lipinski definition) is 3. The summed E-state index contributed by atoms with van der Waals surface area (Å²) in [6.07, 6.45) is 4.99. The van der Waals surface area contributed by atoms with Crippen molar-refractivity contribution in [3.63, 3.8) is 0 Å². The molecule has 4 nitrogen and oxygen atoms in total. The van der Waals surface area contributed by atoms with Gasteiger partial charge in [-0.2, -0.15) is 0 Å². The standard InChI is InChI=1S/C13H17ClN2O2/c14-10-4-5-12(15-8-10)13(18)16-7-9-2-1-3-11(17)6-9/h4-5,8-9,11,17H,1-3,6-7H2,(H,16,18). The zero-order valence-corrected chi connectivity index (χ0v) is 10.9. The first-order valence-corrected chi connectivity index (χ1v) is 6.61. The normalized spacial score (nSPS) is 23.7. The van der Waals surface area contributed by atoms with Gasteiger partial charge >= 0.3 is 0 Å². The summed E-state index contributed by atoms with van der Waals surface area (Å²) >= 11 is 5.71. The molecule has 0 radical (unpaired) electrons. The largest absolute Gasteiger partial charge is 0.393 e. The van der Waals surface area contributed by atoms with Crippen molar-refractivity contribution in [3.05, 3.63) is 29.0 Å². The van der Waals surface area contributed by atoms with Gasteiger partial charge in [0, 0.05) is 12.7 Å². The molecule has 98 valence electrons. The molecule has 1 saturated carbocycles. The molecule has 1 aliphatic carbocycles. The van der Waals surface area contributed by atoms with Crippen molar-refractivity contribution in [3.8, 4) is 0 Å². The summed E-state index contributed by atoms with van der Waals surface area (Å²) in [5.74, 6) is 0.178. The van der Waals surface area contributed by atoms with Crippen LogP contribution in [0.4, 0.5) is 0 Å². The van der Waals surface area contributed by atoms with Crippen LogP contribution in [0.3, 0.4) is 0 Å². The van der Waals surface area contributed by atoms with Gasteiger partial charge in [0.05, 0.1) is 11.1 Å². The lowest BCUT2D eigenvalue weighted by molar-refractivity contribution is 0.0870. The Bertz CT molecular complexity index is 408. The fourth-order valence-electron chi connectivity index (χ4n) is 2.29. The van der Waals surface area contributed by atoms with Crippen LogP contribution in [0.15, 0.2) is 18.3 Å². The molecule has 2 unspecified atom stereocenters. The van der Waals surface area contributed by atoms with Crippen LogP contribution in [0.1, 0.15) is 36.2 Å². The molecule has 18 heavy (non-hydrogen) atoms. The van der Waals surface area contributed by atoms with Crippen molar-refractivity contribution in [1.82, 2.24) is 10.3 Å². The van der Waals surface area contributed by atoms with E-state index in [1.165, 1.54) is 6.20 Å². The summed E-state index contributed by atoms with van der Waals surface area (Å²) in [6, 6.07) is 3.25. The van der Waals surface area contributed by atoms with Gasteiger partial charge in [0.25, 0.3) is 5.91 Å². The Morgan fingerprint density at radius 2 is 2.33 bits per heavy atom. The summed E-state index contributed by atoms with van der Waals surface area (Å²) in [7, 11) is 0. The Balaban J connectivity index is 1.82. The van der Waals surface area contributed by atoms with Gasteiger partial charge in [-0.3, -0.25) is 4.79 Å². The van der Waals surface area contributed by atoms with Gasteiger partial charge in [-0.15, -0.1) is 0 Å². The predicted molar refractivity (Wildman–Crippen MR) is 69.5 cm³/mol. The first kappa shape index (κ1) is 13.3. The van der Waals surface area contributed by atoms with E-state index in [-0.39, 0.29) is 12.0 Å². The van der Waals surface area contributed by atoms with Crippen molar-refractivity contribution < 1.29 is 9.90 Å². The number of carbonyl (C=O) groups excluding carboxylic acids is 1. The number of nitrogens with one attached hydrogen (secondary N) is 1. The molecule has 2 N–H and O–H groups in total. The number of carbonyl (C=O) groups is 1. The minimum atomic E-state index is -0.214. The van der Waals surface area contributed by atoms with Crippen molar-refractivity contribution in [2.45, 2.75) is 31.8 Å².